The zero-order valence-corrected chi connectivity index (χ0v) is 22.6. The van der Waals surface area contributed by atoms with Gasteiger partial charge < -0.3 is 30.8 Å². The maximum absolute atomic E-state index is 13.3. The van der Waals surface area contributed by atoms with Gasteiger partial charge in [0.25, 0.3) is 0 Å². The number of methoxy groups -OCH3 is 1. The molecule has 0 aliphatic carbocycles. The first-order valence-corrected chi connectivity index (χ1v) is 13.8. The molecule has 2 rings (SSSR count). The summed E-state index contributed by atoms with van der Waals surface area (Å²) in [6.45, 7) is -1.20. The Morgan fingerprint density at radius 1 is 0.872 bits per heavy atom. The number of carboxylic acid groups (broad SMARTS) is 1. The van der Waals surface area contributed by atoms with Gasteiger partial charge in [-0.1, -0.05) is 82.3 Å². The minimum absolute atomic E-state index is 0.111. The summed E-state index contributed by atoms with van der Waals surface area (Å²) in [6.07, 6.45) is -2.30. The number of hydrogen-bond donors (Lipinski definition) is 3. The number of rotatable bonds is 14. The molecule has 2 amide bonds. The SMILES string of the molecule is COC(=O)[C@@H](N)C(SSC[C@H](N)C(=O)O)C(=O)CN(C(=O)OCc1ccccc1)C(=O)OCc1ccccc1. The molecule has 39 heavy (non-hydrogen) atoms. The van der Waals surface area contributed by atoms with Crippen LogP contribution in [-0.2, 0) is 41.8 Å². The van der Waals surface area contributed by atoms with E-state index in [0.29, 0.717) is 16.0 Å². The fourth-order valence-electron chi connectivity index (χ4n) is 2.87. The minimum atomic E-state index is -1.48. The predicted molar refractivity (Wildman–Crippen MR) is 144 cm³/mol. The molecular formula is C25H29N3O9S2. The molecule has 3 atom stereocenters. The van der Waals surface area contributed by atoms with Gasteiger partial charge in [0.15, 0.2) is 5.78 Å². The van der Waals surface area contributed by atoms with Gasteiger partial charge in [-0.2, -0.15) is 0 Å². The van der Waals surface area contributed by atoms with E-state index in [1.165, 1.54) is 0 Å². The molecule has 0 aliphatic heterocycles. The van der Waals surface area contributed by atoms with E-state index >= 15 is 0 Å². The van der Waals surface area contributed by atoms with Crippen molar-refractivity contribution in [2.24, 2.45) is 11.5 Å². The minimum Gasteiger partial charge on any atom is -0.480 e. The summed E-state index contributed by atoms with van der Waals surface area (Å²) >= 11 is 0. The lowest BCUT2D eigenvalue weighted by Gasteiger charge is -2.24. The van der Waals surface area contributed by atoms with Crippen molar-refractivity contribution < 1.29 is 43.3 Å². The van der Waals surface area contributed by atoms with Gasteiger partial charge in [-0.15, -0.1) is 0 Å². The van der Waals surface area contributed by atoms with Crippen molar-refractivity contribution in [1.82, 2.24) is 4.90 Å². The molecule has 0 bridgehead atoms. The lowest BCUT2D eigenvalue weighted by Crippen LogP contribution is -2.50. The largest absolute Gasteiger partial charge is 0.480 e. The molecule has 2 aromatic carbocycles. The zero-order chi connectivity index (χ0) is 28.8. The highest BCUT2D eigenvalue weighted by Gasteiger charge is 2.37. The number of benzene rings is 2. The molecule has 12 nitrogen and oxygen atoms in total. The third-order valence-electron chi connectivity index (χ3n) is 5.02. The monoisotopic (exact) mass is 579 g/mol. The molecule has 5 N–H and O–H groups in total. The summed E-state index contributed by atoms with van der Waals surface area (Å²) in [5, 5.41) is 7.65. The van der Waals surface area contributed by atoms with Gasteiger partial charge >= 0.3 is 24.1 Å². The number of Topliss-reactive ketones (excluding diaryl/α,β-unsaturated/α-hetero) is 1. The number of carboxylic acids is 1. The topological polar surface area (TPSA) is 189 Å². The van der Waals surface area contributed by atoms with Gasteiger partial charge in [0.1, 0.15) is 30.5 Å². The van der Waals surface area contributed by atoms with Crippen LogP contribution < -0.4 is 11.5 Å². The Morgan fingerprint density at radius 2 is 1.36 bits per heavy atom. The van der Waals surface area contributed by atoms with E-state index in [9.17, 15) is 24.0 Å². The van der Waals surface area contributed by atoms with E-state index in [0.717, 1.165) is 28.7 Å². The first kappa shape index (κ1) is 31.6. The fourth-order valence-corrected chi connectivity index (χ4v) is 5.60. The Morgan fingerprint density at radius 3 is 1.79 bits per heavy atom. The third kappa shape index (κ3) is 10.6. The standard InChI is InChI=1S/C25H29N3O9S2/c1-35-23(32)20(27)21(39-38-15-18(26)22(30)31)19(29)12-28(24(33)36-13-16-8-4-2-5-9-16)25(34)37-14-17-10-6-3-7-11-17/h2-11,18,20-21H,12-15,26-27H2,1H3,(H,30,31)/t18-,20-,21?/m0/s1. The van der Waals surface area contributed by atoms with E-state index in [-0.39, 0.29) is 19.0 Å². The van der Waals surface area contributed by atoms with Crippen LogP contribution in [0.5, 0.6) is 0 Å². The zero-order valence-electron chi connectivity index (χ0n) is 21.0. The van der Waals surface area contributed by atoms with Crippen molar-refractivity contribution >= 4 is 51.5 Å². The van der Waals surface area contributed by atoms with Crippen molar-refractivity contribution in [3.8, 4) is 0 Å². The van der Waals surface area contributed by atoms with Gasteiger partial charge in [0, 0.05) is 5.75 Å². The molecule has 0 saturated heterocycles. The average Bonchev–Trinajstić information content (AvgIpc) is 2.95. The summed E-state index contributed by atoms with van der Waals surface area (Å²) in [5.41, 5.74) is 12.7. The second-order valence-corrected chi connectivity index (χ2v) is 10.5. The quantitative estimate of drug-likeness (QED) is 0.168. The molecule has 0 spiro atoms. The molecule has 0 heterocycles. The third-order valence-corrected chi connectivity index (χ3v) is 7.85. The molecule has 14 heteroatoms. The fraction of sp³-hybridized carbons (Fsp3) is 0.320. The number of nitrogens with two attached hydrogens (primary N) is 2. The van der Waals surface area contributed by atoms with Crippen molar-refractivity contribution in [2.75, 3.05) is 19.4 Å². The molecule has 0 fully saturated rings. The number of amides is 2. The number of ether oxygens (including phenoxy) is 3. The van der Waals surface area contributed by atoms with E-state index in [1.54, 1.807) is 60.7 Å². The lowest BCUT2D eigenvalue weighted by atomic mass is 10.1. The Bertz CT molecular complexity index is 1070. The maximum atomic E-state index is 13.3. The Hall–Kier alpha value is -3.59. The van der Waals surface area contributed by atoms with Crippen LogP contribution in [0.15, 0.2) is 60.7 Å². The van der Waals surface area contributed by atoms with Crippen molar-refractivity contribution in [2.45, 2.75) is 30.5 Å². The highest BCUT2D eigenvalue weighted by atomic mass is 33.1. The van der Waals surface area contributed by atoms with Crippen LogP contribution in [0.4, 0.5) is 9.59 Å². The number of ketones is 1. The van der Waals surface area contributed by atoms with Crippen LogP contribution in [0.2, 0.25) is 0 Å². The smallest absolute Gasteiger partial charge is 0.420 e. The summed E-state index contributed by atoms with van der Waals surface area (Å²) in [6, 6.07) is 14.6. The number of aliphatic carboxylic acids is 1. The summed E-state index contributed by atoms with van der Waals surface area (Å²) in [7, 11) is 2.75. The van der Waals surface area contributed by atoms with Crippen LogP contribution in [0.3, 0.4) is 0 Å². The first-order valence-electron chi connectivity index (χ1n) is 11.5. The molecule has 2 aromatic rings. The number of carbonyl (C=O) groups is 5. The van der Waals surface area contributed by atoms with E-state index in [2.05, 4.69) is 4.74 Å². The maximum Gasteiger partial charge on any atom is 0.420 e. The van der Waals surface area contributed by atoms with Crippen molar-refractivity contribution in [3.63, 3.8) is 0 Å². The van der Waals surface area contributed by atoms with E-state index < -0.39 is 53.8 Å². The Balaban J connectivity index is 2.19. The molecule has 0 aromatic heterocycles. The summed E-state index contributed by atoms with van der Waals surface area (Å²) < 4.78 is 15.1. The molecule has 210 valence electrons. The second-order valence-electron chi connectivity index (χ2n) is 7.93. The highest BCUT2D eigenvalue weighted by Crippen LogP contribution is 2.30. The van der Waals surface area contributed by atoms with Gasteiger partial charge in [0.05, 0.1) is 13.7 Å². The van der Waals surface area contributed by atoms with Gasteiger partial charge in [0.2, 0.25) is 0 Å². The Labute approximate surface area is 232 Å². The Kier molecular flexibility index (Phi) is 13.3. The normalized spacial score (nSPS) is 12.9. The summed E-state index contributed by atoms with van der Waals surface area (Å²) in [5.74, 6) is -3.09. The second kappa shape index (κ2) is 16.4. The molecule has 0 saturated carbocycles. The molecule has 0 radical (unpaired) electrons. The number of esters is 1. The predicted octanol–water partition coefficient (Wildman–Crippen LogP) is 2.19. The number of carbonyl (C=O) groups excluding carboxylic acids is 4. The van der Waals surface area contributed by atoms with Gasteiger partial charge in [-0.25, -0.2) is 14.5 Å². The van der Waals surface area contributed by atoms with Crippen LogP contribution in [-0.4, -0.2) is 76.7 Å². The van der Waals surface area contributed by atoms with Crippen molar-refractivity contribution in [3.05, 3.63) is 71.8 Å². The molecule has 0 aliphatic rings. The first-order chi connectivity index (χ1) is 18.6. The van der Waals surface area contributed by atoms with Gasteiger partial charge in [-0.3, -0.25) is 14.4 Å². The molecular weight excluding hydrogens is 550 g/mol. The van der Waals surface area contributed by atoms with Gasteiger partial charge in [-0.05, 0) is 11.1 Å². The van der Waals surface area contributed by atoms with Crippen molar-refractivity contribution in [1.29, 1.82) is 0 Å². The van der Waals surface area contributed by atoms with Crippen LogP contribution in [0.1, 0.15) is 11.1 Å². The lowest BCUT2D eigenvalue weighted by molar-refractivity contribution is -0.143. The number of hydrogen-bond acceptors (Lipinski definition) is 12. The average molecular weight is 580 g/mol. The molecule has 1 unspecified atom stereocenters. The summed E-state index contributed by atoms with van der Waals surface area (Å²) in [4.78, 5) is 62.6. The van der Waals surface area contributed by atoms with E-state index in [1.807, 2.05) is 0 Å². The van der Waals surface area contributed by atoms with Crippen LogP contribution in [0.25, 0.3) is 0 Å². The highest BCUT2D eigenvalue weighted by molar-refractivity contribution is 8.77. The number of imide groups is 1. The van der Waals surface area contributed by atoms with Crippen LogP contribution >= 0.6 is 21.6 Å². The van der Waals surface area contributed by atoms with E-state index in [4.69, 9.17) is 26.0 Å². The number of nitrogens with zero attached hydrogens (tertiary/aromatic N) is 1. The van der Waals surface area contributed by atoms with Crippen LogP contribution in [0, 0.1) is 0 Å².